The monoisotopic (exact) mass is 264 g/mol. The van der Waals surface area contributed by atoms with Crippen LogP contribution in [0.1, 0.15) is 33.1 Å². The molecule has 0 aromatic heterocycles. The Balaban J connectivity index is 2.03. The summed E-state index contributed by atoms with van der Waals surface area (Å²) >= 11 is 0. The summed E-state index contributed by atoms with van der Waals surface area (Å²) in [6, 6.07) is 6.33. The van der Waals surface area contributed by atoms with Gasteiger partial charge in [0.1, 0.15) is 5.75 Å². The Bertz CT molecular complexity index is 409. The largest absolute Gasteiger partial charge is 0.491 e. The maximum absolute atomic E-state index is 6.16. The molecular formula is C15H24N2O2. The van der Waals surface area contributed by atoms with Gasteiger partial charge in [0, 0.05) is 12.6 Å². The molecule has 1 saturated heterocycles. The van der Waals surface area contributed by atoms with E-state index >= 15 is 0 Å². The van der Waals surface area contributed by atoms with Crippen molar-refractivity contribution >= 4 is 11.4 Å². The van der Waals surface area contributed by atoms with Gasteiger partial charge in [0.05, 0.1) is 24.1 Å². The fourth-order valence-electron chi connectivity index (χ4n) is 2.36. The molecule has 2 rings (SSSR count). The Morgan fingerprint density at radius 1 is 1.47 bits per heavy atom. The van der Waals surface area contributed by atoms with Gasteiger partial charge in [0.25, 0.3) is 0 Å². The Morgan fingerprint density at radius 2 is 2.32 bits per heavy atom. The lowest BCUT2D eigenvalue weighted by Gasteiger charge is -2.29. The van der Waals surface area contributed by atoms with Crippen LogP contribution in [0.25, 0.3) is 0 Å². The lowest BCUT2D eigenvalue weighted by molar-refractivity contribution is 0.0232. The number of nitrogens with two attached hydrogens (primary N) is 1. The van der Waals surface area contributed by atoms with Gasteiger partial charge in [-0.2, -0.15) is 0 Å². The third-order valence-corrected chi connectivity index (χ3v) is 3.37. The number of para-hydroxylation sites is 1. The summed E-state index contributed by atoms with van der Waals surface area (Å²) in [6.45, 7) is 5.70. The first kappa shape index (κ1) is 14.0. The Morgan fingerprint density at radius 3 is 3.05 bits per heavy atom. The van der Waals surface area contributed by atoms with Gasteiger partial charge in [-0.15, -0.1) is 0 Å². The minimum absolute atomic E-state index is 0.312. The average Bonchev–Trinajstić information content (AvgIpc) is 2.40. The van der Waals surface area contributed by atoms with E-state index in [2.05, 4.69) is 19.2 Å². The minimum Gasteiger partial charge on any atom is -0.491 e. The molecule has 4 nitrogen and oxygen atoms in total. The molecule has 0 amide bonds. The number of hydrogen-bond acceptors (Lipinski definition) is 4. The molecule has 3 N–H and O–H groups in total. The predicted molar refractivity (Wildman–Crippen MR) is 78.7 cm³/mol. The third kappa shape index (κ3) is 3.77. The second-order valence-corrected chi connectivity index (χ2v) is 5.11. The molecule has 1 fully saturated rings. The highest BCUT2D eigenvalue weighted by Crippen LogP contribution is 2.31. The van der Waals surface area contributed by atoms with Crippen LogP contribution in [0, 0.1) is 0 Å². The van der Waals surface area contributed by atoms with Gasteiger partial charge in [0.2, 0.25) is 0 Å². The molecular weight excluding hydrogens is 240 g/mol. The van der Waals surface area contributed by atoms with Crippen molar-refractivity contribution in [1.82, 2.24) is 0 Å². The molecule has 2 unspecified atom stereocenters. The third-order valence-electron chi connectivity index (χ3n) is 3.37. The predicted octanol–water partition coefficient (Wildman–Crippen LogP) is 3.04. The highest BCUT2D eigenvalue weighted by molar-refractivity contribution is 5.73. The van der Waals surface area contributed by atoms with Gasteiger partial charge in [-0.3, -0.25) is 0 Å². The molecule has 106 valence electrons. The van der Waals surface area contributed by atoms with Crippen LogP contribution >= 0.6 is 0 Å². The van der Waals surface area contributed by atoms with E-state index in [-0.39, 0.29) is 0 Å². The lowest BCUT2D eigenvalue weighted by Crippen LogP contribution is -2.32. The first-order valence-electron chi connectivity index (χ1n) is 7.10. The standard InChI is InChI=1S/C15H24N2O2/c1-3-8-19-14-6-4-5-13(15(14)16)17-12-7-9-18-11(2)10-12/h4-6,11-12,17H,3,7-10,16H2,1-2H3. The SMILES string of the molecule is CCCOc1cccc(NC2CCOC(C)C2)c1N. The Kier molecular flexibility index (Phi) is 4.91. The molecule has 0 saturated carbocycles. The van der Waals surface area contributed by atoms with E-state index < -0.39 is 0 Å². The van der Waals surface area contributed by atoms with Crippen molar-refractivity contribution in [3.8, 4) is 5.75 Å². The van der Waals surface area contributed by atoms with E-state index in [1.165, 1.54) is 0 Å². The van der Waals surface area contributed by atoms with Gasteiger partial charge in [-0.25, -0.2) is 0 Å². The van der Waals surface area contributed by atoms with Crippen molar-refractivity contribution < 1.29 is 9.47 Å². The highest BCUT2D eigenvalue weighted by atomic mass is 16.5. The molecule has 1 aromatic rings. The molecule has 1 aliphatic rings. The zero-order valence-corrected chi connectivity index (χ0v) is 11.8. The van der Waals surface area contributed by atoms with Crippen LogP contribution in [0.15, 0.2) is 18.2 Å². The first-order valence-corrected chi connectivity index (χ1v) is 7.10. The van der Waals surface area contributed by atoms with Crippen LogP contribution in [0.5, 0.6) is 5.75 Å². The van der Waals surface area contributed by atoms with E-state index in [1.54, 1.807) is 0 Å². The molecule has 1 aromatic carbocycles. The van der Waals surface area contributed by atoms with Gasteiger partial charge < -0.3 is 20.5 Å². The van der Waals surface area contributed by atoms with Crippen molar-refractivity contribution in [2.24, 2.45) is 0 Å². The van der Waals surface area contributed by atoms with Crippen molar-refractivity contribution in [2.75, 3.05) is 24.3 Å². The number of ether oxygens (including phenoxy) is 2. The summed E-state index contributed by atoms with van der Waals surface area (Å²) in [5.74, 6) is 0.770. The zero-order chi connectivity index (χ0) is 13.7. The lowest BCUT2D eigenvalue weighted by atomic mass is 10.0. The fourth-order valence-corrected chi connectivity index (χ4v) is 2.36. The van der Waals surface area contributed by atoms with Crippen LogP contribution < -0.4 is 15.8 Å². The van der Waals surface area contributed by atoms with Gasteiger partial charge in [-0.05, 0) is 38.3 Å². The van der Waals surface area contributed by atoms with Crippen molar-refractivity contribution in [2.45, 2.75) is 45.3 Å². The summed E-state index contributed by atoms with van der Waals surface area (Å²) in [7, 11) is 0. The maximum Gasteiger partial charge on any atom is 0.144 e. The van der Waals surface area contributed by atoms with Crippen LogP contribution in [0.2, 0.25) is 0 Å². The van der Waals surface area contributed by atoms with E-state index in [4.69, 9.17) is 15.2 Å². The summed E-state index contributed by atoms with van der Waals surface area (Å²) in [5.41, 5.74) is 7.83. The van der Waals surface area contributed by atoms with Gasteiger partial charge >= 0.3 is 0 Å². The summed E-state index contributed by atoms with van der Waals surface area (Å²) < 4.78 is 11.2. The van der Waals surface area contributed by atoms with E-state index in [9.17, 15) is 0 Å². The number of nitrogens with one attached hydrogen (secondary N) is 1. The van der Waals surface area contributed by atoms with Crippen molar-refractivity contribution in [3.05, 3.63) is 18.2 Å². The fraction of sp³-hybridized carbons (Fsp3) is 0.600. The second kappa shape index (κ2) is 6.66. The maximum atomic E-state index is 6.16. The molecule has 0 aliphatic carbocycles. The van der Waals surface area contributed by atoms with Crippen LogP contribution in [0.3, 0.4) is 0 Å². The zero-order valence-electron chi connectivity index (χ0n) is 11.8. The average molecular weight is 264 g/mol. The van der Waals surface area contributed by atoms with E-state index in [0.29, 0.717) is 24.4 Å². The van der Waals surface area contributed by atoms with Crippen LogP contribution in [-0.4, -0.2) is 25.4 Å². The normalized spacial score (nSPS) is 23.1. The first-order chi connectivity index (χ1) is 9.20. The van der Waals surface area contributed by atoms with E-state index in [1.807, 2.05) is 18.2 Å². The Hall–Kier alpha value is -1.42. The second-order valence-electron chi connectivity index (χ2n) is 5.11. The minimum atomic E-state index is 0.312. The number of rotatable bonds is 5. The van der Waals surface area contributed by atoms with Crippen LogP contribution in [-0.2, 0) is 4.74 Å². The molecule has 1 heterocycles. The van der Waals surface area contributed by atoms with Crippen LogP contribution in [0.4, 0.5) is 11.4 Å². The Labute approximate surface area is 115 Å². The smallest absolute Gasteiger partial charge is 0.144 e. The summed E-state index contributed by atoms with van der Waals surface area (Å²) in [6.07, 6.45) is 3.32. The quantitative estimate of drug-likeness (QED) is 0.803. The number of anilines is 2. The molecule has 4 heteroatoms. The van der Waals surface area contributed by atoms with Crippen molar-refractivity contribution in [3.63, 3.8) is 0 Å². The highest BCUT2D eigenvalue weighted by Gasteiger charge is 2.20. The molecule has 0 spiro atoms. The van der Waals surface area contributed by atoms with Gasteiger partial charge in [0.15, 0.2) is 0 Å². The van der Waals surface area contributed by atoms with E-state index in [0.717, 1.165) is 37.3 Å². The number of benzene rings is 1. The summed E-state index contributed by atoms with van der Waals surface area (Å²) in [4.78, 5) is 0. The molecule has 0 radical (unpaired) electrons. The number of nitrogen functional groups attached to an aromatic ring is 1. The van der Waals surface area contributed by atoms with Crippen molar-refractivity contribution in [1.29, 1.82) is 0 Å². The molecule has 2 atom stereocenters. The molecule has 19 heavy (non-hydrogen) atoms. The molecule has 1 aliphatic heterocycles. The van der Waals surface area contributed by atoms with Gasteiger partial charge in [-0.1, -0.05) is 13.0 Å². The summed E-state index contributed by atoms with van der Waals surface area (Å²) in [5, 5.41) is 3.51. The topological polar surface area (TPSA) is 56.5 Å². The molecule has 0 bridgehead atoms. The number of hydrogen-bond donors (Lipinski definition) is 2.